The number of benzene rings is 2. The minimum absolute atomic E-state index is 0.0444. The molecule has 0 saturated heterocycles. The van der Waals surface area contributed by atoms with E-state index in [1.807, 2.05) is 38.1 Å². The fraction of sp³-hybridized carbons (Fsp3) is 0.294. The number of aryl methyl sites for hydroxylation is 1. The lowest BCUT2D eigenvalue weighted by Gasteiger charge is -2.21. The molecule has 0 aromatic heterocycles. The van der Waals surface area contributed by atoms with Crippen molar-refractivity contribution in [3.05, 3.63) is 69.0 Å². The van der Waals surface area contributed by atoms with E-state index in [0.29, 0.717) is 6.42 Å². The third kappa shape index (κ3) is 3.97. The highest BCUT2D eigenvalue weighted by atomic mass is 35.5. The monoisotopic (exact) mass is 325 g/mol. The third-order valence-electron chi connectivity index (χ3n) is 3.47. The summed E-state index contributed by atoms with van der Waals surface area (Å²) in [6.07, 6.45) is 0.658. The molecule has 0 aliphatic heterocycles. The average molecular weight is 326 g/mol. The Kier molecular flexibility index (Phi) is 5.63. The maximum atomic E-state index is 13.6. The van der Waals surface area contributed by atoms with Crippen molar-refractivity contribution in [2.45, 2.75) is 26.3 Å². The highest BCUT2D eigenvalue weighted by Crippen LogP contribution is 2.29. The van der Waals surface area contributed by atoms with Gasteiger partial charge in [0.25, 0.3) is 0 Å². The molecule has 4 heteroatoms. The van der Waals surface area contributed by atoms with Gasteiger partial charge in [-0.3, -0.25) is 0 Å². The van der Waals surface area contributed by atoms with Crippen LogP contribution in [0.3, 0.4) is 0 Å². The van der Waals surface area contributed by atoms with Gasteiger partial charge in [0, 0.05) is 11.1 Å². The lowest BCUT2D eigenvalue weighted by Crippen LogP contribution is -2.23. The molecule has 0 amide bonds. The molecule has 1 N–H and O–H groups in total. The number of nitrogens with one attached hydrogen (secondary N) is 1. The summed E-state index contributed by atoms with van der Waals surface area (Å²) in [5.74, 6) is -0.389. The molecule has 0 heterocycles. The summed E-state index contributed by atoms with van der Waals surface area (Å²) in [4.78, 5) is 0. The van der Waals surface area contributed by atoms with E-state index in [4.69, 9.17) is 23.2 Å². The zero-order valence-electron chi connectivity index (χ0n) is 12.1. The van der Waals surface area contributed by atoms with E-state index in [-0.39, 0.29) is 16.9 Å². The lowest BCUT2D eigenvalue weighted by molar-refractivity contribution is 0.546. The zero-order chi connectivity index (χ0) is 15.4. The van der Waals surface area contributed by atoms with Gasteiger partial charge in [-0.15, -0.1) is 0 Å². The number of rotatable bonds is 5. The molecule has 0 bridgehead atoms. The summed E-state index contributed by atoms with van der Waals surface area (Å²) in [6.45, 7) is 4.83. The highest BCUT2D eigenvalue weighted by molar-refractivity contribution is 6.32. The minimum Gasteiger partial charge on any atom is -0.310 e. The smallest absolute Gasteiger partial charge is 0.142 e. The van der Waals surface area contributed by atoms with Gasteiger partial charge in [0.1, 0.15) is 5.82 Å². The van der Waals surface area contributed by atoms with Crippen LogP contribution in [0, 0.1) is 12.7 Å². The molecule has 0 saturated carbocycles. The molecular weight excluding hydrogens is 308 g/mol. The molecule has 2 rings (SSSR count). The van der Waals surface area contributed by atoms with Gasteiger partial charge in [0.2, 0.25) is 0 Å². The van der Waals surface area contributed by atoms with Crippen molar-refractivity contribution >= 4 is 23.2 Å². The van der Waals surface area contributed by atoms with E-state index in [0.717, 1.165) is 28.3 Å². The number of halogens is 3. The molecule has 0 aliphatic carbocycles. The van der Waals surface area contributed by atoms with Crippen molar-refractivity contribution in [1.29, 1.82) is 0 Å². The summed E-state index contributed by atoms with van der Waals surface area (Å²) < 4.78 is 13.6. The summed E-state index contributed by atoms with van der Waals surface area (Å²) >= 11 is 12.1. The Bertz CT molecular complexity index is 628. The molecule has 0 radical (unpaired) electrons. The molecule has 1 atom stereocenters. The van der Waals surface area contributed by atoms with Crippen molar-refractivity contribution in [3.8, 4) is 0 Å². The molecule has 2 aromatic rings. The first-order valence-corrected chi connectivity index (χ1v) is 7.70. The first-order valence-electron chi connectivity index (χ1n) is 6.95. The van der Waals surface area contributed by atoms with Crippen LogP contribution in [0.1, 0.15) is 29.7 Å². The van der Waals surface area contributed by atoms with E-state index in [2.05, 4.69) is 5.32 Å². The maximum absolute atomic E-state index is 13.6. The minimum atomic E-state index is -0.389. The highest BCUT2D eigenvalue weighted by Gasteiger charge is 2.16. The van der Waals surface area contributed by atoms with Crippen LogP contribution in [-0.2, 0) is 6.42 Å². The van der Waals surface area contributed by atoms with Gasteiger partial charge >= 0.3 is 0 Å². The lowest BCUT2D eigenvalue weighted by atomic mass is 9.97. The van der Waals surface area contributed by atoms with Crippen LogP contribution in [0.15, 0.2) is 36.4 Å². The first kappa shape index (κ1) is 16.3. The van der Waals surface area contributed by atoms with Crippen molar-refractivity contribution in [2.24, 2.45) is 0 Å². The fourth-order valence-corrected chi connectivity index (χ4v) is 2.76. The fourth-order valence-electron chi connectivity index (χ4n) is 2.38. The summed E-state index contributed by atoms with van der Waals surface area (Å²) in [5, 5.41) is 4.32. The van der Waals surface area contributed by atoms with Crippen LogP contribution >= 0.6 is 23.2 Å². The summed E-state index contributed by atoms with van der Waals surface area (Å²) in [7, 11) is 0. The number of likely N-dealkylation sites (N-methyl/N-ethyl adjacent to an activating group) is 1. The van der Waals surface area contributed by atoms with Crippen molar-refractivity contribution in [1.82, 2.24) is 5.32 Å². The van der Waals surface area contributed by atoms with Gasteiger partial charge in [-0.25, -0.2) is 4.39 Å². The number of hydrogen-bond donors (Lipinski definition) is 1. The van der Waals surface area contributed by atoms with Crippen LogP contribution < -0.4 is 5.32 Å². The molecular formula is C17H18Cl2FN. The molecule has 1 nitrogen and oxygen atoms in total. The molecule has 0 spiro atoms. The van der Waals surface area contributed by atoms with Crippen LogP contribution in [0.2, 0.25) is 10.0 Å². The Morgan fingerprint density at radius 1 is 1.19 bits per heavy atom. The van der Waals surface area contributed by atoms with Crippen LogP contribution in [-0.4, -0.2) is 6.54 Å². The second-order valence-electron chi connectivity index (χ2n) is 5.04. The van der Waals surface area contributed by atoms with Gasteiger partial charge in [-0.05, 0) is 48.7 Å². The van der Waals surface area contributed by atoms with E-state index in [1.54, 1.807) is 6.07 Å². The Morgan fingerprint density at radius 2 is 1.95 bits per heavy atom. The topological polar surface area (TPSA) is 12.0 Å². The quantitative estimate of drug-likeness (QED) is 0.782. The zero-order valence-corrected chi connectivity index (χ0v) is 13.6. The molecule has 0 aliphatic rings. The summed E-state index contributed by atoms with van der Waals surface area (Å²) in [5.41, 5.74) is 2.97. The van der Waals surface area contributed by atoms with E-state index in [9.17, 15) is 4.39 Å². The Morgan fingerprint density at radius 3 is 2.62 bits per heavy atom. The van der Waals surface area contributed by atoms with Gasteiger partial charge < -0.3 is 5.32 Å². The second kappa shape index (κ2) is 7.26. The Labute approximate surface area is 135 Å². The Balaban J connectivity index is 2.30. The molecule has 112 valence electrons. The van der Waals surface area contributed by atoms with Gasteiger partial charge in [-0.2, -0.15) is 0 Å². The molecule has 2 aromatic carbocycles. The van der Waals surface area contributed by atoms with Crippen LogP contribution in [0.25, 0.3) is 0 Å². The van der Waals surface area contributed by atoms with E-state index < -0.39 is 0 Å². The molecule has 0 fully saturated rings. The predicted molar refractivity (Wildman–Crippen MR) is 87.7 cm³/mol. The van der Waals surface area contributed by atoms with Crippen molar-refractivity contribution in [3.63, 3.8) is 0 Å². The summed E-state index contributed by atoms with van der Waals surface area (Å²) in [6, 6.07) is 10.9. The van der Waals surface area contributed by atoms with E-state index >= 15 is 0 Å². The van der Waals surface area contributed by atoms with E-state index in [1.165, 1.54) is 6.07 Å². The maximum Gasteiger partial charge on any atom is 0.142 e. The van der Waals surface area contributed by atoms with Gasteiger partial charge in [0.05, 0.1) is 5.02 Å². The largest absolute Gasteiger partial charge is 0.310 e. The standard InChI is InChI=1S/C17H18Cl2FN/c1-3-21-16(13-6-4-5-11(2)17(13)19)10-12-7-8-14(18)15(20)9-12/h4-9,16,21H,3,10H2,1-2H3. The van der Waals surface area contributed by atoms with Gasteiger partial charge in [0.15, 0.2) is 0 Å². The number of hydrogen-bond acceptors (Lipinski definition) is 1. The Hall–Kier alpha value is -1.09. The third-order valence-corrected chi connectivity index (χ3v) is 4.29. The van der Waals surface area contributed by atoms with Crippen LogP contribution in [0.4, 0.5) is 4.39 Å². The van der Waals surface area contributed by atoms with Crippen LogP contribution in [0.5, 0.6) is 0 Å². The van der Waals surface area contributed by atoms with Crippen molar-refractivity contribution < 1.29 is 4.39 Å². The van der Waals surface area contributed by atoms with Gasteiger partial charge in [-0.1, -0.05) is 54.4 Å². The first-order chi connectivity index (χ1) is 10.0. The normalized spacial score (nSPS) is 12.4. The van der Waals surface area contributed by atoms with Crippen molar-refractivity contribution in [2.75, 3.05) is 6.54 Å². The molecule has 21 heavy (non-hydrogen) atoms. The average Bonchev–Trinajstić information content (AvgIpc) is 2.45. The molecule has 1 unspecified atom stereocenters. The predicted octanol–water partition coefficient (Wildman–Crippen LogP) is 5.33. The SMILES string of the molecule is CCNC(Cc1ccc(Cl)c(F)c1)c1cccc(C)c1Cl. The second-order valence-corrected chi connectivity index (χ2v) is 5.83.